The van der Waals surface area contributed by atoms with Gasteiger partial charge in [0.2, 0.25) is 0 Å². The molecule has 0 radical (unpaired) electrons. The van der Waals surface area contributed by atoms with Crippen LogP contribution in [0.5, 0.6) is 0 Å². The number of carbonyl (C=O) groups excluding carboxylic acids is 1. The Balaban J connectivity index is 1.40. The van der Waals surface area contributed by atoms with E-state index >= 15 is 0 Å². The van der Waals surface area contributed by atoms with Crippen LogP contribution in [-0.4, -0.2) is 20.5 Å². The van der Waals surface area contributed by atoms with E-state index in [9.17, 15) is 13.2 Å². The molecule has 31 heavy (non-hydrogen) atoms. The number of nitrogens with one attached hydrogen (secondary N) is 2. The summed E-state index contributed by atoms with van der Waals surface area (Å²) in [6, 6.07) is 28.3. The van der Waals surface area contributed by atoms with Gasteiger partial charge >= 0.3 is 0 Å². The smallest absolute Gasteiger partial charge is 0.276 e. The average Bonchev–Trinajstić information content (AvgIpc) is 2.80. The minimum Gasteiger partial charge on any atom is -0.322 e. The molecule has 0 aromatic heterocycles. The molecule has 0 spiro atoms. The molecule has 0 saturated heterocycles. The molecule has 0 atom stereocenters. The summed E-state index contributed by atoms with van der Waals surface area (Å²) in [6.07, 6.45) is 1.40. The topological polar surface area (TPSA) is 87.6 Å². The van der Waals surface area contributed by atoms with Gasteiger partial charge in [-0.05, 0) is 52.7 Å². The fraction of sp³-hybridized carbons (Fsp3) is 0. The number of anilines is 1. The number of nitrogens with zero attached hydrogens (tertiary/aromatic N) is 1. The van der Waals surface area contributed by atoms with Gasteiger partial charge in [-0.2, -0.15) is 13.5 Å². The highest BCUT2D eigenvalue weighted by Gasteiger charge is 2.13. The highest BCUT2D eigenvalue weighted by molar-refractivity contribution is 7.89. The number of fused-ring (bicyclic) bond motifs is 1. The predicted molar refractivity (Wildman–Crippen MR) is 123 cm³/mol. The van der Waals surface area contributed by atoms with Crippen molar-refractivity contribution in [3.63, 3.8) is 0 Å². The monoisotopic (exact) mass is 429 g/mol. The molecule has 0 aliphatic rings. The van der Waals surface area contributed by atoms with Crippen LogP contribution in [0.15, 0.2) is 107 Å². The van der Waals surface area contributed by atoms with Crippen LogP contribution in [0.2, 0.25) is 0 Å². The van der Waals surface area contributed by atoms with Crippen molar-refractivity contribution in [1.82, 2.24) is 4.83 Å². The summed E-state index contributed by atoms with van der Waals surface area (Å²) in [7, 11) is -3.78. The highest BCUT2D eigenvalue weighted by Crippen LogP contribution is 2.18. The van der Waals surface area contributed by atoms with Crippen molar-refractivity contribution in [2.45, 2.75) is 4.90 Å². The summed E-state index contributed by atoms with van der Waals surface area (Å²) >= 11 is 0. The Morgan fingerprint density at radius 2 is 1.45 bits per heavy atom. The molecule has 0 saturated carbocycles. The van der Waals surface area contributed by atoms with Crippen LogP contribution in [0.25, 0.3) is 10.8 Å². The molecule has 0 aliphatic carbocycles. The van der Waals surface area contributed by atoms with Gasteiger partial charge in [-0.3, -0.25) is 4.79 Å². The molecule has 1 amide bonds. The zero-order valence-corrected chi connectivity index (χ0v) is 17.2. The third-order valence-electron chi connectivity index (χ3n) is 4.62. The molecule has 0 fully saturated rings. The van der Waals surface area contributed by atoms with E-state index in [0.717, 1.165) is 10.8 Å². The number of carbonyl (C=O) groups is 1. The van der Waals surface area contributed by atoms with Crippen LogP contribution in [0.3, 0.4) is 0 Å². The van der Waals surface area contributed by atoms with Gasteiger partial charge in [0.15, 0.2) is 0 Å². The molecular formula is C24H19N3O3S. The van der Waals surface area contributed by atoms with Crippen molar-refractivity contribution < 1.29 is 13.2 Å². The summed E-state index contributed by atoms with van der Waals surface area (Å²) < 4.78 is 25.0. The van der Waals surface area contributed by atoms with Crippen LogP contribution < -0.4 is 10.1 Å². The average molecular weight is 430 g/mol. The Hall–Kier alpha value is -3.97. The van der Waals surface area contributed by atoms with Crippen LogP contribution in [0, 0.1) is 0 Å². The molecule has 4 rings (SSSR count). The number of hydrazone groups is 1. The van der Waals surface area contributed by atoms with Crippen molar-refractivity contribution in [3.8, 4) is 0 Å². The van der Waals surface area contributed by atoms with Crippen LogP contribution >= 0.6 is 0 Å². The standard InChI is InChI=1S/C24H19N3O3S/c28-24(20-7-2-1-3-8-20)26-22-13-10-18(11-14-22)17-25-27-31(29,30)23-15-12-19-6-4-5-9-21(19)16-23/h1-17,27H,(H,26,28)/b25-17-. The summed E-state index contributed by atoms with van der Waals surface area (Å²) in [5.41, 5.74) is 1.87. The van der Waals surface area contributed by atoms with Crippen molar-refractivity contribution in [2.24, 2.45) is 5.10 Å². The number of hydrogen-bond acceptors (Lipinski definition) is 4. The molecule has 0 bridgehead atoms. The third-order valence-corrected chi connectivity index (χ3v) is 5.84. The first kappa shape index (κ1) is 20.3. The molecule has 7 heteroatoms. The number of benzene rings is 4. The molecule has 0 unspecified atom stereocenters. The van der Waals surface area contributed by atoms with Gasteiger partial charge in [-0.15, -0.1) is 0 Å². The second-order valence-electron chi connectivity index (χ2n) is 6.80. The number of sulfonamides is 1. The fourth-order valence-corrected chi connectivity index (χ4v) is 3.83. The Morgan fingerprint density at radius 1 is 0.774 bits per heavy atom. The van der Waals surface area contributed by atoms with E-state index in [2.05, 4.69) is 15.2 Å². The second kappa shape index (κ2) is 8.81. The first-order valence-corrected chi connectivity index (χ1v) is 11.0. The summed E-state index contributed by atoms with van der Waals surface area (Å²) in [4.78, 5) is 14.6. The number of amides is 1. The van der Waals surface area contributed by atoms with Crippen molar-refractivity contribution in [3.05, 3.63) is 108 Å². The van der Waals surface area contributed by atoms with E-state index < -0.39 is 10.0 Å². The minimum absolute atomic E-state index is 0.141. The minimum atomic E-state index is -3.78. The van der Waals surface area contributed by atoms with Crippen molar-refractivity contribution in [1.29, 1.82) is 0 Å². The van der Waals surface area contributed by atoms with Gasteiger partial charge in [-0.25, -0.2) is 4.83 Å². The molecule has 0 aliphatic heterocycles. The maximum Gasteiger partial charge on any atom is 0.276 e. The molecule has 154 valence electrons. The predicted octanol–water partition coefficient (Wildman–Crippen LogP) is 4.40. The summed E-state index contributed by atoms with van der Waals surface area (Å²) in [5.74, 6) is -0.204. The quantitative estimate of drug-likeness (QED) is 0.352. The first-order valence-electron chi connectivity index (χ1n) is 9.51. The molecular weight excluding hydrogens is 410 g/mol. The third kappa shape index (κ3) is 4.96. The Morgan fingerprint density at radius 3 is 2.19 bits per heavy atom. The maximum atomic E-state index is 12.5. The molecule has 0 heterocycles. The molecule has 4 aromatic carbocycles. The van der Waals surface area contributed by atoms with Crippen LogP contribution in [-0.2, 0) is 10.0 Å². The maximum absolute atomic E-state index is 12.5. The van der Waals surface area contributed by atoms with Gasteiger partial charge < -0.3 is 5.32 Å². The highest BCUT2D eigenvalue weighted by atomic mass is 32.2. The van der Waals surface area contributed by atoms with E-state index in [1.54, 1.807) is 66.7 Å². The van der Waals surface area contributed by atoms with Crippen molar-refractivity contribution in [2.75, 3.05) is 5.32 Å². The van der Waals surface area contributed by atoms with Crippen LogP contribution in [0.4, 0.5) is 5.69 Å². The van der Waals surface area contributed by atoms with E-state index in [0.29, 0.717) is 16.8 Å². The van der Waals surface area contributed by atoms with E-state index in [1.165, 1.54) is 6.21 Å². The Kier molecular flexibility index (Phi) is 5.77. The fourth-order valence-electron chi connectivity index (χ4n) is 3.00. The lowest BCUT2D eigenvalue weighted by atomic mass is 10.1. The van der Waals surface area contributed by atoms with Crippen molar-refractivity contribution >= 4 is 38.6 Å². The lowest BCUT2D eigenvalue weighted by Crippen LogP contribution is -2.18. The Bertz CT molecular complexity index is 1350. The molecule has 6 nitrogen and oxygen atoms in total. The number of hydrogen-bond donors (Lipinski definition) is 2. The first-order chi connectivity index (χ1) is 15.0. The Labute approximate surface area is 180 Å². The van der Waals surface area contributed by atoms with Gasteiger partial charge in [-0.1, -0.05) is 60.7 Å². The van der Waals surface area contributed by atoms with E-state index in [-0.39, 0.29) is 10.8 Å². The zero-order chi connectivity index (χ0) is 21.7. The summed E-state index contributed by atoms with van der Waals surface area (Å²) in [5, 5.41) is 8.46. The SMILES string of the molecule is O=C(Nc1ccc(/C=N\NS(=O)(=O)c2ccc3ccccc3c2)cc1)c1ccccc1. The lowest BCUT2D eigenvalue weighted by Gasteiger charge is -2.06. The zero-order valence-electron chi connectivity index (χ0n) is 16.4. The molecule has 2 N–H and O–H groups in total. The van der Waals surface area contributed by atoms with Gasteiger partial charge in [0.05, 0.1) is 11.1 Å². The largest absolute Gasteiger partial charge is 0.322 e. The van der Waals surface area contributed by atoms with Gasteiger partial charge in [0.1, 0.15) is 0 Å². The van der Waals surface area contributed by atoms with Gasteiger partial charge in [0, 0.05) is 11.3 Å². The summed E-state index contributed by atoms with van der Waals surface area (Å²) in [6.45, 7) is 0. The molecule has 4 aromatic rings. The van der Waals surface area contributed by atoms with Gasteiger partial charge in [0.25, 0.3) is 15.9 Å². The van der Waals surface area contributed by atoms with Crippen LogP contribution in [0.1, 0.15) is 15.9 Å². The normalized spacial score (nSPS) is 11.5. The lowest BCUT2D eigenvalue weighted by molar-refractivity contribution is 0.102. The van der Waals surface area contributed by atoms with E-state index in [1.807, 2.05) is 30.3 Å². The second-order valence-corrected chi connectivity index (χ2v) is 8.46. The number of rotatable bonds is 6. The van der Waals surface area contributed by atoms with E-state index in [4.69, 9.17) is 0 Å².